The van der Waals surface area contributed by atoms with Gasteiger partial charge in [-0.2, -0.15) is 0 Å². The Morgan fingerprint density at radius 3 is 2.67 bits per heavy atom. The maximum Gasteiger partial charge on any atom is 0.166 e. The fourth-order valence-corrected chi connectivity index (χ4v) is 1.33. The molecule has 1 rings (SSSR count). The molecule has 1 fully saturated rings. The largest absolute Gasteiger partial charge is 0.385 e. The Balaban J connectivity index is 2.45. The lowest BCUT2D eigenvalue weighted by Crippen LogP contribution is -2.32. The first-order valence-electron chi connectivity index (χ1n) is 4.42. The molecule has 1 N–H and O–H groups in total. The first-order valence-corrected chi connectivity index (χ1v) is 4.42. The summed E-state index contributed by atoms with van der Waals surface area (Å²) >= 11 is 0. The first kappa shape index (κ1) is 9.68. The van der Waals surface area contributed by atoms with Gasteiger partial charge in [-0.05, 0) is 12.3 Å². The molecule has 0 aromatic rings. The van der Waals surface area contributed by atoms with Gasteiger partial charge < -0.3 is 9.84 Å². The molecule has 0 aromatic heterocycles. The van der Waals surface area contributed by atoms with Gasteiger partial charge in [0, 0.05) is 12.5 Å². The Morgan fingerprint density at radius 1 is 1.58 bits per heavy atom. The van der Waals surface area contributed by atoms with E-state index < -0.39 is 6.10 Å². The molecule has 1 saturated heterocycles. The molecule has 0 amide bonds. The molecular formula is C9H16O3. The van der Waals surface area contributed by atoms with Gasteiger partial charge in [0.15, 0.2) is 5.78 Å². The molecule has 70 valence electrons. The second-order valence-electron chi connectivity index (χ2n) is 3.65. The van der Waals surface area contributed by atoms with E-state index in [1.54, 1.807) is 0 Å². The van der Waals surface area contributed by atoms with Crippen molar-refractivity contribution in [2.75, 3.05) is 13.2 Å². The highest BCUT2D eigenvalue weighted by atomic mass is 16.5. The van der Waals surface area contributed by atoms with Crippen LogP contribution in [0, 0.1) is 11.8 Å². The van der Waals surface area contributed by atoms with Crippen molar-refractivity contribution in [3.63, 3.8) is 0 Å². The monoisotopic (exact) mass is 172 g/mol. The van der Waals surface area contributed by atoms with Crippen molar-refractivity contribution in [2.45, 2.75) is 26.4 Å². The van der Waals surface area contributed by atoms with Crippen LogP contribution < -0.4 is 0 Å². The number of carbonyl (C=O) groups excluding carboxylic acids is 1. The van der Waals surface area contributed by atoms with Gasteiger partial charge in [0.2, 0.25) is 0 Å². The summed E-state index contributed by atoms with van der Waals surface area (Å²) < 4.78 is 5.08. The summed E-state index contributed by atoms with van der Waals surface area (Å²) in [7, 11) is 0. The van der Waals surface area contributed by atoms with Crippen LogP contribution in [0.3, 0.4) is 0 Å². The second-order valence-corrected chi connectivity index (χ2v) is 3.65. The molecule has 0 aromatic carbocycles. The van der Waals surface area contributed by atoms with Crippen LogP contribution in [0.25, 0.3) is 0 Å². The SMILES string of the molecule is CC(C)C(O)C(=O)C1CCOC1. The molecule has 2 unspecified atom stereocenters. The van der Waals surface area contributed by atoms with Gasteiger partial charge in [0.25, 0.3) is 0 Å². The zero-order valence-electron chi connectivity index (χ0n) is 7.62. The lowest BCUT2D eigenvalue weighted by atomic mass is 9.93. The summed E-state index contributed by atoms with van der Waals surface area (Å²) in [4.78, 5) is 11.5. The van der Waals surface area contributed by atoms with Gasteiger partial charge in [-0.3, -0.25) is 4.79 Å². The minimum atomic E-state index is -0.809. The number of ketones is 1. The minimum Gasteiger partial charge on any atom is -0.385 e. The molecule has 0 saturated carbocycles. The number of aliphatic hydroxyl groups excluding tert-OH is 1. The summed E-state index contributed by atoms with van der Waals surface area (Å²) in [6.07, 6.45) is -0.0421. The van der Waals surface area contributed by atoms with Gasteiger partial charge in [-0.15, -0.1) is 0 Å². The maximum atomic E-state index is 11.5. The number of carbonyl (C=O) groups is 1. The van der Waals surface area contributed by atoms with Crippen molar-refractivity contribution in [1.29, 1.82) is 0 Å². The maximum absolute atomic E-state index is 11.5. The number of ether oxygens (including phenoxy) is 1. The van der Waals surface area contributed by atoms with Crippen LogP contribution in [0.4, 0.5) is 0 Å². The highest BCUT2D eigenvalue weighted by Crippen LogP contribution is 2.17. The Morgan fingerprint density at radius 2 is 2.25 bits per heavy atom. The smallest absolute Gasteiger partial charge is 0.166 e. The van der Waals surface area contributed by atoms with Crippen molar-refractivity contribution in [1.82, 2.24) is 0 Å². The van der Waals surface area contributed by atoms with Crippen molar-refractivity contribution < 1.29 is 14.6 Å². The standard InChI is InChI=1S/C9H16O3/c1-6(2)8(10)9(11)7-3-4-12-5-7/h6-8,10H,3-5H2,1-2H3. The summed E-state index contributed by atoms with van der Waals surface area (Å²) in [5.41, 5.74) is 0. The zero-order valence-corrected chi connectivity index (χ0v) is 7.62. The fraction of sp³-hybridized carbons (Fsp3) is 0.889. The van der Waals surface area contributed by atoms with E-state index in [2.05, 4.69) is 0 Å². The van der Waals surface area contributed by atoms with Gasteiger partial charge in [0.05, 0.1) is 6.61 Å². The average molecular weight is 172 g/mol. The molecular weight excluding hydrogens is 156 g/mol. The van der Waals surface area contributed by atoms with E-state index in [1.807, 2.05) is 13.8 Å². The van der Waals surface area contributed by atoms with Crippen LogP contribution in [0.5, 0.6) is 0 Å². The molecule has 3 nitrogen and oxygen atoms in total. The number of aliphatic hydroxyl groups is 1. The molecule has 3 heteroatoms. The van der Waals surface area contributed by atoms with Crippen LogP contribution in [-0.4, -0.2) is 30.2 Å². The van der Waals surface area contributed by atoms with E-state index in [4.69, 9.17) is 4.74 Å². The molecule has 1 heterocycles. The van der Waals surface area contributed by atoms with E-state index in [-0.39, 0.29) is 17.6 Å². The van der Waals surface area contributed by atoms with Crippen LogP contribution in [0.15, 0.2) is 0 Å². The molecule has 2 atom stereocenters. The van der Waals surface area contributed by atoms with Gasteiger partial charge in [-0.1, -0.05) is 13.8 Å². The molecule has 1 aliphatic heterocycles. The fourth-order valence-electron chi connectivity index (χ4n) is 1.33. The number of hydrogen-bond acceptors (Lipinski definition) is 3. The number of Topliss-reactive ketones (excluding diaryl/α,β-unsaturated/α-hetero) is 1. The summed E-state index contributed by atoms with van der Waals surface area (Å²) in [5, 5.41) is 9.45. The minimum absolute atomic E-state index is 0.0121. The number of rotatable bonds is 3. The van der Waals surface area contributed by atoms with Crippen molar-refractivity contribution >= 4 is 5.78 Å². The van der Waals surface area contributed by atoms with Gasteiger partial charge in [0.1, 0.15) is 6.10 Å². The summed E-state index contributed by atoms with van der Waals surface area (Å²) in [5.74, 6) is -0.108. The first-order chi connectivity index (χ1) is 5.63. The highest BCUT2D eigenvalue weighted by Gasteiger charge is 2.30. The highest BCUT2D eigenvalue weighted by molar-refractivity contribution is 5.85. The van der Waals surface area contributed by atoms with E-state index in [0.29, 0.717) is 13.2 Å². The molecule has 0 spiro atoms. The van der Waals surface area contributed by atoms with E-state index in [0.717, 1.165) is 6.42 Å². The zero-order chi connectivity index (χ0) is 9.14. The Labute approximate surface area is 72.7 Å². The number of hydrogen-bond donors (Lipinski definition) is 1. The second kappa shape index (κ2) is 4.01. The van der Waals surface area contributed by atoms with E-state index in [1.165, 1.54) is 0 Å². The van der Waals surface area contributed by atoms with Crippen LogP contribution in [0.2, 0.25) is 0 Å². The third-order valence-corrected chi connectivity index (χ3v) is 2.26. The van der Waals surface area contributed by atoms with Crippen LogP contribution in [0.1, 0.15) is 20.3 Å². The third-order valence-electron chi connectivity index (χ3n) is 2.26. The lowest BCUT2D eigenvalue weighted by molar-refractivity contribution is -0.133. The summed E-state index contributed by atoms with van der Waals surface area (Å²) in [6.45, 7) is 4.83. The van der Waals surface area contributed by atoms with Gasteiger partial charge >= 0.3 is 0 Å². The van der Waals surface area contributed by atoms with Crippen molar-refractivity contribution in [3.05, 3.63) is 0 Å². The molecule has 1 aliphatic rings. The van der Waals surface area contributed by atoms with Crippen molar-refractivity contribution in [2.24, 2.45) is 11.8 Å². The predicted molar refractivity (Wildman–Crippen MR) is 44.8 cm³/mol. The van der Waals surface area contributed by atoms with Gasteiger partial charge in [-0.25, -0.2) is 0 Å². The third kappa shape index (κ3) is 2.05. The Kier molecular flexibility index (Phi) is 3.23. The lowest BCUT2D eigenvalue weighted by Gasteiger charge is -2.16. The molecule has 0 radical (unpaired) electrons. The van der Waals surface area contributed by atoms with Crippen LogP contribution >= 0.6 is 0 Å². The average Bonchev–Trinajstić information content (AvgIpc) is 2.53. The Bertz CT molecular complexity index is 155. The molecule has 0 bridgehead atoms. The summed E-state index contributed by atoms with van der Waals surface area (Å²) in [6, 6.07) is 0. The quantitative estimate of drug-likeness (QED) is 0.678. The predicted octanol–water partition coefficient (Wildman–Crippen LogP) is 0.609. The molecule has 0 aliphatic carbocycles. The normalized spacial score (nSPS) is 26.2. The topological polar surface area (TPSA) is 46.5 Å². The van der Waals surface area contributed by atoms with Crippen LogP contribution in [-0.2, 0) is 9.53 Å². The van der Waals surface area contributed by atoms with E-state index >= 15 is 0 Å². The molecule has 12 heavy (non-hydrogen) atoms. The Hall–Kier alpha value is -0.410. The van der Waals surface area contributed by atoms with Crippen molar-refractivity contribution in [3.8, 4) is 0 Å². The van der Waals surface area contributed by atoms with E-state index in [9.17, 15) is 9.90 Å².